The number of hydrogen-bond donors (Lipinski definition) is 0. The average Bonchev–Trinajstić information content (AvgIpc) is 3.02. The number of hydrogen-bond acceptors (Lipinski definition) is 3. The fraction of sp³-hybridized carbons (Fsp3) is 0.0952. The summed E-state index contributed by atoms with van der Waals surface area (Å²) in [5.41, 5.74) is 2.66. The Labute approximate surface area is 150 Å². The van der Waals surface area contributed by atoms with Crippen molar-refractivity contribution in [3.63, 3.8) is 0 Å². The van der Waals surface area contributed by atoms with Crippen LogP contribution in [0.5, 0.6) is 17.5 Å². The molecular formula is C21H17FN2O2. The summed E-state index contributed by atoms with van der Waals surface area (Å²) < 4.78 is 26.9. The Balaban J connectivity index is 1.91. The van der Waals surface area contributed by atoms with Gasteiger partial charge in [-0.15, -0.1) is 0 Å². The molecule has 4 aromatic rings. The van der Waals surface area contributed by atoms with Crippen LogP contribution in [-0.4, -0.2) is 16.7 Å². The number of aromatic nitrogens is 2. The molecule has 0 N–H and O–H groups in total. The van der Waals surface area contributed by atoms with Crippen LogP contribution in [0.3, 0.4) is 0 Å². The van der Waals surface area contributed by atoms with Crippen LogP contribution >= 0.6 is 0 Å². The Hall–Kier alpha value is -3.34. The van der Waals surface area contributed by atoms with Crippen molar-refractivity contribution < 1.29 is 13.9 Å². The molecule has 2 heterocycles. The molecule has 0 amide bonds. The van der Waals surface area contributed by atoms with Crippen LogP contribution in [0.2, 0.25) is 0 Å². The van der Waals surface area contributed by atoms with Gasteiger partial charge in [0, 0.05) is 29.3 Å². The van der Waals surface area contributed by atoms with Gasteiger partial charge in [0.25, 0.3) is 0 Å². The Kier molecular flexibility index (Phi) is 4.05. The Morgan fingerprint density at radius 3 is 2.58 bits per heavy atom. The zero-order valence-electron chi connectivity index (χ0n) is 14.4. The molecule has 0 aliphatic heterocycles. The fourth-order valence-electron chi connectivity index (χ4n) is 2.89. The molecular weight excluding hydrogens is 331 g/mol. The van der Waals surface area contributed by atoms with Crippen molar-refractivity contribution >= 4 is 10.9 Å². The van der Waals surface area contributed by atoms with Crippen LogP contribution in [0.25, 0.3) is 16.6 Å². The molecule has 0 saturated heterocycles. The third-order valence-corrected chi connectivity index (χ3v) is 4.22. The second kappa shape index (κ2) is 6.52. The predicted octanol–water partition coefficient (Wildman–Crippen LogP) is 5.27. The first-order valence-corrected chi connectivity index (χ1v) is 8.20. The molecule has 0 spiro atoms. The second-order valence-electron chi connectivity index (χ2n) is 5.95. The molecule has 0 radical (unpaired) electrons. The van der Waals surface area contributed by atoms with E-state index in [9.17, 15) is 4.39 Å². The van der Waals surface area contributed by atoms with Crippen molar-refractivity contribution in [3.8, 4) is 23.2 Å². The lowest BCUT2D eigenvalue weighted by Gasteiger charge is -2.13. The van der Waals surface area contributed by atoms with E-state index in [1.54, 1.807) is 19.4 Å². The largest absolute Gasteiger partial charge is 0.481 e. The maximum Gasteiger partial charge on any atom is 0.213 e. The van der Waals surface area contributed by atoms with E-state index >= 15 is 0 Å². The predicted molar refractivity (Wildman–Crippen MR) is 98.8 cm³/mol. The molecule has 0 aliphatic rings. The number of para-hydroxylation sites is 1. The number of nitrogens with zero attached hydrogens (tertiary/aromatic N) is 2. The van der Waals surface area contributed by atoms with E-state index < -0.39 is 0 Å². The van der Waals surface area contributed by atoms with Crippen LogP contribution in [0.1, 0.15) is 5.56 Å². The molecule has 0 saturated carbocycles. The summed E-state index contributed by atoms with van der Waals surface area (Å²) in [6.07, 6.45) is 1.74. The van der Waals surface area contributed by atoms with Gasteiger partial charge in [0.15, 0.2) is 0 Å². The number of aryl methyl sites for hydroxylation is 1. The molecule has 130 valence electrons. The fourth-order valence-corrected chi connectivity index (χ4v) is 2.89. The van der Waals surface area contributed by atoms with Crippen LogP contribution in [0.15, 0.2) is 66.9 Å². The molecule has 26 heavy (non-hydrogen) atoms. The summed E-state index contributed by atoms with van der Waals surface area (Å²) in [4.78, 5) is 4.30. The van der Waals surface area contributed by atoms with Gasteiger partial charge < -0.3 is 9.47 Å². The number of halogens is 1. The normalized spacial score (nSPS) is 10.9. The summed E-state index contributed by atoms with van der Waals surface area (Å²) >= 11 is 0. The van der Waals surface area contributed by atoms with Gasteiger partial charge in [-0.25, -0.2) is 9.37 Å². The molecule has 2 aromatic carbocycles. The third-order valence-electron chi connectivity index (χ3n) is 4.22. The van der Waals surface area contributed by atoms with Crippen molar-refractivity contribution in [2.45, 2.75) is 6.92 Å². The van der Waals surface area contributed by atoms with E-state index in [-0.39, 0.29) is 5.82 Å². The van der Waals surface area contributed by atoms with Gasteiger partial charge in [-0.05, 0) is 30.7 Å². The molecule has 0 fully saturated rings. The minimum atomic E-state index is -0.337. The minimum Gasteiger partial charge on any atom is -0.481 e. The van der Waals surface area contributed by atoms with Gasteiger partial charge in [-0.2, -0.15) is 0 Å². The van der Waals surface area contributed by atoms with Gasteiger partial charge in [0.1, 0.15) is 11.6 Å². The first-order chi connectivity index (χ1) is 12.7. The summed E-state index contributed by atoms with van der Waals surface area (Å²) in [5, 5.41) is 0.921. The average molecular weight is 348 g/mol. The zero-order valence-corrected chi connectivity index (χ0v) is 14.4. The van der Waals surface area contributed by atoms with Gasteiger partial charge in [0.2, 0.25) is 11.8 Å². The summed E-state index contributed by atoms with van der Waals surface area (Å²) in [5.74, 6) is 1.24. The van der Waals surface area contributed by atoms with E-state index in [1.165, 1.54) is 12.1 Å². The van der Waals surface area contributed by atoms with Crippen LogP contribution < -0.4 is 9.47 Å². The van der Waals surface area contributed by atoms with Crippen molar-refractivity contribution in [2.24, 2.45) is 0 Å². The number of ether oxygens (including phenoxy) is 2. The molecule has 4 rings (SSSR count). The highest BCUT2D eigenvalue weighted by Crippen LogP contribution is 2.34. The van der Waals surface area contributed by atoms with E-state index in [4.69, 9.17) is 9.47 Å². The van der Waals surface area contributed by atoms with Gasteiger partial charge in [-0.3, -0.25) is 4.57 Å². The number of pyridine rings is 1. The summed E-state index contributed by atoms with van der Waals surface area (Å²) in [6, 6.07) is 18.1. The third kappa shape index (κ3) is 2.88. The highest BCUT2D eigenvalue weighted by Gasteiger charge is 2.15. The highest BCUT2D eigenvalue weighted by atomic mass is 19.1. The first-order valence-electron chi connectivity index (χ1n) is 8.20. The van der Waals surface area contributed by atoms with E-state index in [0.29, 0.717) is 17.5 Å². The molecule has 4 nitrogen and oxygen atoms in total. The lowest BCUT2D eigenvalue weighted by Crippen LogP contribution is -1.99. The lowest BCUT2D eigenvalue weighted by atomic mass is 10.2. The Bertz CT molecular complexity index is 1070. The number of rotatable bonds is 4. The summed E-state index contributed by atoms with van der Waals surface area (Å²) in [7, 11) is 1.58. The minimum absolute atomic E-state index is 0.337. The highest BCUT2D eigenvalue weighted by molar-refractivity contribution is 5.84. The molecule has 0 aliphatic carbocycles. The number of methoxy groups -OCH3 is 1. The van der Waals surface area contributed by atoms with Gasteiger partial charge in [-0.1, -0.05) is 24.3 Å². The molecule has 5 heteroatoms. The SMILES string of the molecule is COc1cc2cc(Oc3cc(F)ccc3C)n(-c3ccccc3)c2cn1. The maximum atomic E-state index is 13.7. The van der Waals surface area contributed by atoms with E-state index in [2.05, 4.69) is 4.98 Å². The zero-order chi connectivity index (χ0) is 18.1. The smallest absolute Gasteiger partial charge is 0.213 e. The van der Waals surface area contributed by atoms with Crippen molar-refractivity contribution in [1.82, 2.24) is 9.55 Å². The van der Waals surface area contributed by atoms with Crippen molar-refractivity contribution in [3.05, 3.63) is 78.2 Å². The monoisotopic (exact) mass is 348 g/mol. The molecule has 0 unspecified atom stereocenters. The molecule has 2 aromatic heterocycles. The Morgan fingerprint density at radius 1 is 1.00 bits per heavy atom. The molecule has 0 atom stereocenters. The van der Waals surface area contributed by atoms with E-state index in [0.717, 1.165) is 22.2 Å². The maximum absolute atomic E-state index is 13.7. The standard InChI is InChI=1S/C21H17FN2O2/c1-14-8-9-16(22)12-19(14)26-21-11-15-10-20(25-2)23-13-18(15)24(21)17-6-4-3-5-7-17/h3-13H,1-2H3. The van der Waals surface area contributed by atoms with Crippen molar-refractivity contribution in [2.75, 3.05) is 7.11 Å². The quantitative estimate of drug-likeness (QED) is 0.504. The first kappa shape index (κ1) is 16.1. The Morgan fingerprint density at radius 2 is 1.81 bits per heavy atom. The van der Waals surface area contributed by atoms with Gasteiger partial charge in [0.05, 0.1) is 18.8 Å². The summed E-state index contributed by atoms with van der Waals surface area (Å²) in [6.45, 7) is 1.88. The second-order valence-corrected chi connectivity index (χ2v) is 5.95. The van der Waals surface area contributed by atoms with Crippen LogP contribution in [-0.2, 0) is 0 Å². The topological polar surface area (TPSA) is 36.3 Å². The number of fused-ring (bicyclic) bond motifs is 1. The lowest BCUT2D eigenvalue weighted by molar-refractivity contribution is 0.398. The van der Waals surface area contributed by atoms with Gasteiger partial charge >= 0.3 is 0 Å². The van der Waals surface area contributed by atoms with Crippen molar-refractivity contribution in [1.29, 1.82) is 0 Å². The molecule has 0 bridgehead atoms. The van der Waals surface area contributed by atoms with Crippen LogP contribution in [0, 0.1) is 12.7 Å². The number of benzene rings is 2. The van der Waals surface area contributed by atoms with Crippen LogP contribution in [0.4, 0.5) is 4.39 Å². The van der Waals surface area contributed by atoms with E-state index in [1.807, 2.05) is 54.0 Å².